The molecule has 0 amide bonds. The Bertz CT molecular complexity index is 325. The van der Waals surface area contributed by atoms with E-state index in [1.54, 1.807) is 6.92 Å². The summed E-state index contributed by atoms with van der Waals surface area (Å²) in [5.74, 6) is -1.06. The van der Waals surface area contributed by atoms with Gasteiger partial charge in [0.2, 0.25) is 0 Å². The first-order valence-electron chi connectivity index (χ1n) is 9.42. The lowest BCUT2D eigenvalue weighted by Gasteiger charge is -2.08. The molecule has 1 aliphatic heterocycles. The van der Waals surface area contributed by atoms with E-state index in [0.29, 0.717) is 0 Å². The molecule has 1 rings (SSSR count). The molecule has 0 aliphatic carbocycles. The Morgan fingerprint density at radius 3 is 1.59 bits per heavy atom. The summed E-state index contributed by atoms with van der Waals surface area (Å²) in [5.41, 5.74) is 0. The predicted molar refractivity (Wildman–Crippen MR) is 89.4 cm³/mol. The first-order valence-corrected chi connectivity index (χ1v) is 9.42. The maximum absolute atomic E-state index is 11.5. The summed E-state index contributed by atoms with van der Waals surface area (Å²) in [6.07, 6.45) is 16.6. The Morgan fingerprint density at radius 2 is 1.18 bits per heavy atom. The van der Waals surface area contributed by atoms with Crippen LogP contribution in [0.25, 0.3) is 0 Å². The molecule has 128 valence electrons. The third kappa shape index (κ3) is 7.42. The summed E-state index contributed by atoms with van der Waals surface area (Å²) in [6, 6.07) is 0. The molecule has 0 aromatic carbocycles. The Labute approximate surface area is 136 Å². The topological polar surface area (TPSA) is 43.4 Å². The Balaban J connectivity index is 1.86. The minimum Gasteiger partial charge on any atom is -0.393 e. The van der Waals surface area contributed by atoms with Gasteiger partial charge in [-0.1, -0.05) is 90.9 Å². The molecule has 3 nitrogen and oxygen atoms in total. The van der Waals surface area contributed by atoms with Crippen molar-refractivity contribution < 1.29 is 14.3 Å². The van der Waals surface area contributed by atoms with Crippen molar-refractivity contribution in [3.8, 4) is 0 Å². The smallest absolute Gasteiger partial charge is 0.317 e. The lowest BCUT2D eigenvalue weighted by Crippen LogP contribution is -2.14. The number of hydrogen-bond acceptors (Lipinski definition) is 3. The van der Waals surface area contributed by atoms with E-state index in [9.17, 15) is 9.59 Å². The second-order valence-corrected chi connectivity index (χ2v) is 6.81. The fourth-order valence-electron chi connectivity index (χ4n) is 3.21. The van der Waals surface area contributed by atoms with Crippen LogP contribution in [-0.4, -0.2) is 11.9 Å². The molecule has 0 saturated carbocycles. The summed E-state index contributed by atoms with van der Waals surface area (Å²) in [6.45, 7) is 4.06. The maximum Gasteiger partial charge on any atom is 0.317 e. The number of unbranched alkanes of at least 4 members (excludes halogenated alkanes) is 11. The van der Waals surface area contributed by atoms with Crippen LogP contribution < -0.4 is 0 Å². The van der Waals surface area contributed by atoms with Crippen molar-refractivity contribution in [3.05, 3.63) is 0 Å². The fraction of sp³-hybridized carbons (Fsp3) is 0.895. The standard InChI is InChI=1S/C19H34O3/c1-3-4-5-6-7-8-9-10-11-12-13-14-15-17-16(2)18(20)22-19(17)21/h16-17H,3-15H2,1-2H3/t16-,17-/m0/s1. The number of ether oxygens (including phenoxy) is 1. The zero-order chi connectivity index (χ0) is 16.2. The average molecular weight is 310 g/mol. The minimum absolute atomic E-state index is 0.185. The van der Waals surface area contributed by atoms with Crippen LogP contribution in [0.1, 0.15) is 97.3 Å². The van der Waals surface area contributed by atoms with Gasteiger partial charge in [0.1, 0.15) is 0 Å². The molecule has 0 aromatic heterocycles. The second kappa shape index (κ2) is 11.7. The first kappa shape index (κ1) is 19.2. The van der Waals surface area contributed by atoms with Crippen molar-refractivity contribution in [1.29, 1.82) is 0 Å². The highest BCUT2D eigenvalue weighted by atomic mass is 16.6. The molecule has 1 heterocycles. The number of carbonyl (C=O) groups excluding carboxylic acids is 2. The van der Waals surface area contributed by atoms with Crippen LogP contribution >= 0.6 is 0 Å². The van der Waals surface area contributed by atoms with Crippen molar-refractivity contribution in [2.45, 2.75) is 97.3 Å². The normalized spacial score (nSPS) is 21.4. The van der Waals surface area contributed by atoms with Gasteiger partial charge < -0.3 is 4.74 Å². The van der Waals surface area contributed by atoms with E-state index in [2.05, 4.69) is 11.7 Å². The summed E-state index contributed by atoms with van der Waals surface area (Å²) in [7, 11) is 0. The number of rotatable bonds is 13. The highest BCUT2D eigenvalue weighted by Crippen LogP contribution is 2.28. The van der Waals surface area contributed by atoms with Gasteiger partial charge in [0, 0.05) is 0 Å². The van der Waals surface area contributed by atoms with Crippen molar-refractivity contribution in [1.82, 2.24) is 0 Å². The molecule has 0 radical (unpaired) electrons. The van der Waals surface area contributed by atoms with Crippen LogP contribution in [0.2, 0.25) is 0 Å². The quantitative estimate of drug-likeness (QED) is 0.259. The SMILES string of the molecule is CCCCCCCCCCCCCC[C@@H]1C(=O)OC(=O)[C@H]1C. The van der Waals surface area contributed by atoms with E-state index in [0.717, 1.165) is 12.8 Å². The van der Waals surface area contributed by atoms with Gasteiger partial charge in [-0.05, 0) is 6.42 Å². The van der Waals surface area contributed by atoms with Crippen LogP contribution in [0.3, 0.4) is 0 Å². The van der Waals surface area contributed by atoms with Gasteiger partial charge in [-0.15, -0.1) is 0 Å². The summed E-state index contributed by atoms with van der Waals surface area (Å²) >= 11 is 0. The zero-order valence-corrected chi connectivity index (χ0v) is 14.6. The molecule has 0 aromatic rings. The molecule has 0 N–H and O–H groups in total. The molecule has 0 spiro atoms. The van der Waals surface area contributed by atoms with Crippen molar-refractivity contribution >= 4 is 11.9 Å². The lowest BCUT2D eigenvalue weighted by atomic mass is 9.91. The van der Waals surface area contributed by atoms with Crippen molar-refractivity contribution in [2.75, 3.05) is 0 Å². The van der Waals surface area contributed by atoms with Gasteiger partial charge in [0.15, 0.2) is 0 Å². The first-order chi connectivity index (χ1) is 10.7. The molecule has 2 atom stereocenters. The van der Waals surface area contributed by atoms with E-state index in [1.807, 2.05) is 0 Å². The molecular formula is C19H34O3. The molecule has 1 aliphatic rings. The second-order valence-electron chi connectivity index (χ2n) is 6.81. The van der Waals surface area contributed by atoms with Crippen LogP contribution in [0.15, 0.2) is 0 Å². The Hall–Kier alpha value is -0.860. The third-order valence-electron chi connectivity index (χ3n) is 4.85. The molecule has 1 fully saturated rings. The molecular weight excluding hydrogens is 276 g/mol. The molecule has 3 heteroatoms. The lowest BCUT2D eigenvalue weighted by molar-refractivity contribution is -0.153. The van der Waals surface area contributed by atoms with Crippen LogP contribution in [0, 0.1) is 11.8 Å². The summed E-state index contributed by atoms with van der Waals surface area (Å²) in [4.78, 5) is 22.8. The Morgan fingerprint density at radius 1 is 0.727 bits per heavy atom. The maximum atomic E-state index is 11.5. The van der Waals surface area contributed by atoms with Crippen LogP contribution in [-0.2, 0) is 14.3 Å². The highest BCUT2D eigenvalue weighted by Gasteiger charge is 2.40. The average Bonchev–Trinajstić information content (AvgIpc) is 2.74. The summed E-state index contributed by atoms with van der Waals surface area (Å²) < 4.78 is 4.67. The highest BCUT2D eigenvalue weighted by molar-refractivity contribution is 5.96. The predicted octanol–water partition coefficient (Wildman–Crippen LogP) is 5.41. The third-order valence-corrected chi connectivity index (χ3v) is 4.85. The molecule has 0 bridgehead atoms. The number of carbonyl (C=O) groups is 2. The van der Waals surface area contributed by atoms with Gasteiger partial charge in [0.05, 0.1) is 11.8 Å². The van der Waals surface area contributed by atoms with Crippen LogP contribution in [0.5, 0.6) is 0 Å². The minimum atomic E-state index is -0.339. The number of esters is 2. The monoisotopic (exact) mass is 310 g/mol. The van der Waals surface area contributed by atoms with E-state index >= 15 is 0 Å². The molecule has 0 unspecified atom stereocenters. The Kier molecular flexibility index (Phi) is 10.2. The van der Waals surface area contributed by atoms with Crippen LogP contribution in [0.4, 0.5) is 0 Å². The number of hydrogen-bond donors (Lipinski definition) is 0. The van der Waals surface area contributed by atoms with E-state index < -0.39 is 0 Å². The van der Waals surface area contributed by atoms with E-state index in [1.165, 1.54) is 70.6 Å². The summed E-state index contributed by atoms with van der Waals surface area (Å²) in [5, 5.41) is 0. The van der Waals surface area contributed by atoms with Gasteiger partial charge in [0.25, 0.3) is 0 Å². The van der Waals surface area contributed by atoms with Crippen molar-refractivity contribution in [3.63, 3.8) is 0 Å². The molecule has 1 saturated heterocycles. The molecule has 22 heavy (non-hydrogen) atoms. The zero-order valence-electron chi connectivity index (χ0n) is 14.6. The fourth-order valence-corrected chi connectivity index (χ4v) is 3.21. The van der Waals surface area contributed by atoms with Gasteiger partial charge >= 0.3 is 11.9 Å². The largest absolute Gasteiger partial charge is 0.393 e. The van der Waals surface area contributed by atoms with E-state index in [4.69, 9.17) is 0 Å². The van der Waals surface area contributed by atoms with Gasteiger partial charge in [-0.3, -0.25) is 9.59 Å². The number of cyclic esters (lactones) is 2. The van der Waals surface area contributed by atoms with Gasteiger partial charge in [-0.25, -0.2) is 0 Å². The van der Waals surface area contributed by atoms with E-state index in [-0.39, 0.29) is 23.8 Å². The van der Waals surface area contributed by atoms with Crippen molar-refractivity contribution in [2.24, 2.45) is 11.8 Å². The van der Waals surface area contributed by atoms with Gasteiger partial charge in [-0.2, -0.15) is 0 Å².